The third kappa shape index (κ3) is 8.75. The van der Waals surface area contributed by atoms with Crippen molar-refractivity contribution in [2.24, 2.45) is 0 Å². The highest BCUT2D eigenvalue weighted by molar-refractivity contribution is 7.89. The average molecular weight is 484 g/mol. The fourth-order valence-electron chi connectivity index (χ4n) is 2.00. The maximum absolute atomic E-state index is 10.6. The first-order valence-corrected chi connectivity index (χ1v) is 9.96. The van der Waals surface area contributed by atoms with Crippen molar-refractivity contribution in [2.45, 2.75) is 0 Å². The summed E-state index contributed by atoms with van der Waals surface area (Å²) in [5.74, 6) is -0.200. The van der Waals surface area contributed by atoms with Crippen LogP contribution in [0.1, 0.15) is 0 Å². The number of rotatable bonds is 12. The summed E-state index contributed by atoms with van der Waals surface area (Å²) in [6.07, 6.45) is 0. The van der Waals surface area contributed by atoms with Crippen molar-refractivity contribution in [1.29, 1.82) is 10.5 Å². The van der Waals surface area contributed by atoms with Gasteiger partial charge in [0, 0.05) is 10.4 Å². The zero-order chi connectivity index (χ0) is 24.0. The van der Waals surface area contributed by atoms with E-state index in [0.29, 0.717) is 12.3 Å². The highest BCUT2D eigenvalue weighted by Gasteiger charge is 2.12. The van der Waals surface area contributed by atoms with Gasteiger partial charge in [-0.15, -0.1) is 4.33 Å². The van der Waals surface area contributed by atoms with Crippen LogP contribution >= 0.6 is 12.3 Å². The number of hydrogen-bond acceptors (Lipinski definition) is 12. The Balaban J connectivity index is 3.41. The van der Waals surface area contributed by atoms with Crippen molar-refractivity contribution in [1.82, 2.24) is 0 Å². The Hall–Kier alpha value is -3.42. The lowest BCUT2D eigenvalue weighted by molar-refractivity contribution is -0.434. The largest absolute Gasteiger partial charge is 0.492 e. The van der Waals surface area contributed by atoms with Gasteiger partial charge in [-0.3, -0.25) is 8.74 Å². The molecule has 0 aromatic heterocycles. The second-order valence-electron chi connectivity index (χ2n) is 4.97. The zero-order valence-electron chi connectivity index (χ0n) is 15.7. The third-order valence-corrected chi connectivity index (χ3v) is 3.97. The van der Waals surface area contributed by atoms with Crippen LogP contribution in [0, 0.1) is 35.8 Å². The fraction of sp³-hybridized carbons (Fsp3) is 0.250. The summed E-state index contributed by atoms with van der Waals surface area (Å²) in [5.41, 5.74) is -0.826. The Labute approximate surface area is 185 Å². The maximum Gasteiger partial charge on any atom is 0.397 e. The standard InChI is InChI=1S/C16H12N4O10S2/c1-19-13(9-17)11-8-16(26-4-6-28-32(22,23)24)12(14(10-18)20-2)7-15(11)25-3-5-27-31-30-29-21/h7-8,21H,3-6H2,(H,22,23,24)/b13-11-,14-12+. The summed E-state index contributed by atoms with van der Waals surface area (Å²) >= 11 is 0.301. The zero-order valence-corrected chi connectivity index (χ0v) is 17.4. The van der Waals surface area contributed by atoms with Crippen molar-refractivity contribution in [3.05, 3.63) is 45.4 Å². The summed E-state index contributed by atoms with van der Waals surface area (Å²) in [7, 11) is -4.71. The van der Waals surface area contributed by atoms with Gasteiger partial charge in [0.05, 0.1) is 31.9 Å². The van der Waals surface area contributed by atoms with E-state index in [1.54, 1.807) is 12.1 Å². The van der Waals surface area contributed by atoms with Crippen molar-refractivity contribution >= 4 is 34.1 Å². The second-order valence-corrected chi connectivity index (χ2v) is 6.57. The minimum atomic E-state index is -4.71. The van der Waals surface area contributed by atoms with E-state index in [2.05, 4.69) is 23.2 Å². The monoisotopic (exact) mass is 484 g/mol. The van der Waals surface area contributed by atoms with E-state index in [1.807, 2.05) is 0 Å². The van der Waals surface area contributed by atoms with Crippen LogP contribution in [0.5, 0.6) is 11.5 Å². The van der Waals surface area contributed by atoms with Crippen LogP contribution in [-0.2, 0) is 28.1 Å². The number of nitrogens with zero attached hydrogens (tertiary/aromatic N) is 4. The van der Waals surface area contributed by atoms with E-state index in [1.165, 1.54) is 6.07 Å². The van der Waals surface area contributed by atoms with Crippen LogP contribution in [0.4, 0.5) is 0 Å². The molecule has 16 heteroatoms. The molecule has 0 atom stereocenters. The summed E-state index contributed by atoms with van der Waals surface area (Å²) in [4.78, 5) is 6.17. The Morgan fingerprint density at radius 2 is 1.50 bits per heavy atom. The van der Waals surface area contributed by atoms with Gasteiger partial charge in [0.1, 0.15) is 31.3 Å². The molecule has 0 aliphatic rings. The van der Waals surface area contributed by atoms with E-state index in [0.717, 1.165) is 6.07 Å². The fourth-order valence-corrected chi connectivity index (χ4v) is 2.48. The molecule has 2 N–H and O–H groups in total. The van der Waals surface area contributed by atoms with E-state index >= 15 is 0 Å². The highest BCUT2D eigenvalue weighted by atomic mass is 32.3. The number of hydrogen-bond donors (Lipinski definition) is 2. The molecular weight excluding hydrogens is 472 g/mol. The van der Waals surface area contributed by atoms with E-state index < -0.39 is 35.0 Å². The molecule has 0 bridgehead atoms. The molecule has 0 spiro atoms. The molecule has 0 aliphatic carbocycles. The van der Waals surface area contributed by atoms with Gasteiger partial charge >= 0.3 is 10.4 Å². The topological polar surface area (TPSA) is 186 Å². The van der Waals surface area contributed by atoms with Crippen molar-refractivity contribution in [3.63, 3.8) is 0 Å². The molecule has 0 radical (unpaired) electrons. The molecule has 0 amide bonds. The lowest BCUT2D eigenvalue weighted by atomic mass is 10.1. The average Bonchev–Trinajstić information content (AvgIpc) is 2.76. The Morgan fingerprint density at radius 3 is 1.91 bits per heavy atom. The van der Waals surface area contributed by atoms with Crippen LogP contribution in [0.3, 0.4) is 0 Å². The van der Waals surface area contributed by atoms with Gasteiger partial charge < -0.3 is 9.47 Å². The quantitative estimate of drug-likeness (QED) is 0.104. The first-order valence-electron chi connectivity index (χ1n) is 7.92. The smallest absolute Gasteiger partial charge is 0.397 e. The minimum absolute atomic E-state index is 0.0400. The maximum atomic E-state index is 10.6. The molecule has 0 aliphatic heterocycles. The van der Waals surface area contributed by atoms with Crippen molar-refractivity contribution in [3.8, 4) is 23.6 Å². The van der Waals surface area contributed by atoms with Gasteiger partial charge in [0.25, 0.3) is 11.4 Å². The number of nitriles is 2. The van der Waals surface area contributed by atoms with Gasteiger partial charge in [-0.25, -0.2) is 29.7 Å². The van der Waals surface area contributed by atoms with Gasteiger partial charge in [-0.1, -0.05) is 5.04 Å². The Kier molecular flexibility index (Phi) is 11.5. The molecule has 32 heavy (non-hydrogen) atoms. The minimum Gasteiger partial charge on any atom is -0.492 e. The number of benzene rings is 1. The molecule has 0 unspecified atom stereocenters. The highest BCUT2D eigenvalue weighted by Crippen LogP contribution is 2.13. The molecule has 14 nitrogen and oxygen atoms in total. The van der Waals surface area contributed by atoms with Gasteiger partial charge in [0.15, 0.2) is 12.3 Å². The van der Waals surface area contributed by atoms with Crippen molar-refractivity contribution in [2.75, 3.05) is 26.4 Å². The predicted octanol–water partition coefficient (Wildman–Crippen LogP) is 0.367. The summed E-state index contributed by atoms with van der Waals surface area (Å²) in [6, 6.07) is 5.69. The van der Waals surface area contributed by atoms with E-state index in [9.17, 15) is 18.9 Å². The molecule has 0 heterocycles. The lowest BCUT2D eigenvalue weighted by Gasteiger charge is -2.12. The van der Waals surface area contributed by atoms with Crippen molar-refractivity contribution < 1.29 is 45.4 Å². The van der Waals surface area contributed by atoms with Crippen LogP contribution in [-0.4, -0.2) is 44.7 Å². The third-order valence-electron chi connectivity index (χ3n) is 3.13. The molecular formula is C16H12N4O10S2. The molecule has 0 saturated heterocycles. The van der Waals surface area contributed by atoms with Crippen LogP contribution < -0.4 is 19.9 Å². The van der Waals surface area contributed by atoms with Gasteiger partial charge in [-0.05, 0) is 12.1 Å². The molecule has 1 rings (SSSR count). The van der Waals surface area contributed by atoms with Gasteiger partial charge in [-0.2, -0.15) is 8.42 Å². The number of ether oxygens (including phenoxy) is 2. The lowest BCUT2D eigenvalue weighted by Crippen LogP contribution is -2.22. The molecule has 1 aromatic carbocycles. The van der Waals surface area contributed by atoms with E-state index in [4.69, 9.17) is 36.6 Å². The Bertz CT molecular complexity index is 1170. The normalized spacial score (nSPS) is 12.4. The molecule has 0 saturated carbocycles. The van der Waals surface area contributed by atoms with Crippen LogP contribution in [0.15, 0.2) is 12.1 Å². The van der Waals surface area contributed by atoms with Crippen LogP contribution in [0.2, 0.25) is 0 Å². The molecule has 1 aromatic rings. The summed E-state index contributed by atoms with van der Waals surface area (Å²) in [6.45, 7) is 13.0. The first-order chi connectivity index (χ1) is 15.3. The summed E-state index contributed by atoms with van der Waals surface area (Å²) < 4.78 is 53.6. The van der Waals surface area contributed by atoms with Gasteiger partial charge in [0.2, 0.25) is 0 Å². The van der Waals surface area contributed by atoms with Crippen LogP contribution in [0.25, 0.3) is 21.1 Å². The first kappa shape index (κ1) is 26.6. The SMILES string of the molecule is [C-]#[N+]/C(C#N)=c1/cc(OCCOS(=O)(=O)O)/c(=C(\C#N)[N+]#[C-])cc1OCCOSOOO. The molecule has 0 fully saturated rings. The second kappa shape index (κ2) is 13.8. The Morgan fingerprint density at radius 1 is 1.00 bits per heavy atom. The van der Waals surface area contributed by atoms with E-state index in [-0.39, 0.29) is 35.2 Å². The predicted molar refractivity (Wildman–Crippen MR) is 104 cm³/mol. The molecule has 168 valence electrons. The summed E-state index contributed by atoms with van der Waals surface area (Å²) in [5, 5.41) is 29.7.